The van der Waals surface area contributed by atoms with Gasteiger partial charge < -0.3 is 0 Å². The Labute approximate surface area is 56.5 Å². The first-order valence-corrected chi connectivity index (χ1v) is 3.93. The first-order valence-electron chi connectivity index (χ1n) is 1.92. The van der Waals surface area contributed by atoms with Crippen molar-refractivity contribution >= 4 is 33.5 Å². The normalized spacial score (nSPS) is 19.3. The van der Waals surface area contributed by atoms with Gasteiger partial charge in [0.1, 0.15) is 0 Å². The fourth-order valence-corrected chi connectivity index (χ4v) is 1.82. The van der Waals surface area contributed by atoms with Gasteiger partial charge in [-0.3, -0.25) is 0 Å². The van der Waals surface area contributed by atoms with Gasteiger partial charge in [-0.15, -0.1) is 12.4 Å². The molecule has 0 nitrogen and oxygen atoms in total. The van der Waals surface area contributed by atoms with Crippen LogP contribution in [-0.2, 0) is 0 Å². The van der Waals surface area contributed by atoms with Crippen LogP contribution in [0.2, 0.25) is 0 Å². The minimum absolute atomic E-state index is 0. The number of hydrogen-bond donors (Lipinski definition) is 0. The second-order valence-electron chi connectivity index (χ2n) is 1.23. The maximum Gasteiger partial charge on any atom is 0.0711 e. The second-order valence-corrected chi connectivity index (χ2v) is 3.01. The molecule has 0 amide bonds. The van der Waals surface area contributed by atoms with Gasteiger partial charge in [0.05, 0.1) is 9.52 Å². The van der Waals surface area contributed by atoms with Crippen LogP contribution in [0.25, 0.3) is 0 Å². The molecule has 0 saturated carbocycles. The molecular weight excluding hydrogens is 147 g/mol. The topological polar surface area (TPSA) is 0 Å². The van der Waals surface area contributed by atoms with Crippen LogP contribution >= 0.6 is 24.0 Å². The largest absolute Gasteiger partial charge is 0.147 e. The summed E-state index contributed by atoms with van der Waals surface area (Å²) in [6.07, 6.45) is 1.97. The van der Waals surface area contributed by atoms with E-state index < -0.39 is 0 Å². The third kappa shape index (κ3) is 2.17. The molecule has 0 saturated heterocycles. The molecule has 0 N–H and O–H groups in total. The minimum Gasteiger partial charge on any atom is -0.147 e. The zero-order valence-electron chi connectivity index (χ0n) is 3.73. The average Bonchev–Trinajstić information content (AvgIpc) is 1.86. The number of allylic oxidation sites excluding steroid dienone is 2. The fraction of sp³-hybridized carbons (Fsp3) is 0. The van der Waals surface area contributed by atoms with Crippen LogP contribution in [0, 0.1) is 0 Å². The first kappa shape index (κ1) is 7.28. The number of halogens is 2. The third-order valence-corrected chi connectivity index (χ3v) is 2.45. The molecule has 1 heterocycles. The van der Waals surface area contributed by atoms with Crippen molar-refractivity contribution < 1.29 is 0 Å². The summed E-state index contributed by atoms with van der Waals surface area (Å²) < 4.78 is 0. The summed E-state index contributed by atoms with van der Waals surface area (Å²) in [6.45, 7) is 0. The van der Waals surface area contributed by atoms with E-state index in [1.807, 2.05) is 6.08 Å². The quantitative estimate of drug-likeness (QED) is 0.458. The molecule has 0 spiro atoms. The van der Waals surface area contributed by atoms with Crippen LogP contribution < -0.4 is 0 Å². The third-order valence-electron chi connectivity index (χ3n) is 0.726. The van der Waals surface area contributed by atoms with Gasteiger partial charge >= 0.3 is 0 Å². The van der Waals surface area contributed by atoms with Crippen molar-refractivity contribution in [3.8, 4) is 0 Å². The lowest BCUT2D eigenvalue weighted by atomic mass is 10.6. The molecular formula is C4H6Cl2Si. The Morgan fingerprint density at radius 2 is 2.29 bits per heavy atom. The van der Waals surface area contributed by atoms with Gasteiger partial charge in [-0.05, 0) is 0 Å². The van der Waals surface area contributed by atoms with E-state index in [1.54, 1.807) is 0 Å². The summed E-state index contributed by atoms with van der Waals surface area (Å²) in [5, 5.41) is 0.932. The van der Waals surface area contributed by atoms with E-state index in [1.165, 1.54) is 0 Å². The van der Waals surface area contributed by atoms with Crippen LogP contribution in [0.5, 0.6) is 0 Å². The Morgan fingerprint density at radius 3 is 2.43 bits per heavy atom. The summed E-state index contributed by atoms with van der Waals surface area (Å²) in [5.41, 5.74) is 4.28. The Bertz CT molecular complexity index is 104. The smallest absolute Gasteiger partial charge is 0.0711 e. The molecule has 0 atom stereocenters. The van der Waals surface area contributed by atoms with Gasteiger partial charge in [-0.1, -0.05) is 29.1 Å². The van der Waals surface area contributed by atoms with Crippen molar-refractivity contribution in [2.24, 2.45) is 0 Å². The molecule has 1 aliphatic rings. The fourth-order valence-electron chi connectivity index (χ4n) is 0.429. The molecule has 0 bridgehead atoms. The molecule has 0 unspecified atom stereocenters. The summed E-state index contributed by atoms with van der Waals surface area (Å²) in [5.74, 6) is 0. The summed E-state index contributed by atoms with van der Waals surface area (Å²) in [4.78, 5) is 0. The average molecular weight is 153 g/mol. The predicted molar refractivity (Wildman–Crippen MR) is 38.9 cm³/mol. The van der Waals surface area contributed by atoms with Gasteiger partial charge in [0.2, 0.25) is 0 Å². The summed E-state index contributed by atoms with van der Waals surface area (Å²) in [6, 6.07) is 0. The van der Waals surface area contributed by atoms with Crippen LogP contribution in [0.15, 0.2) is 22.5 Å². The lowest BCUT2D eigenvalue weighted by Gasteiger charge is -1.69. The molecule has 0 aromatic heterocycles. The Hall–Kier alpha value is 0.277. The van der Waals surface area contributed by atoms with E-state index in [0.717, 1.165) is 5.03 Å². The standard InChI is InChI=1S/C4H5ClSi.ClH/c5-4-1-2-6-3-4;/h1-3H,6H2;1H. The molecule has 40 valence electrons. The number of rotatable bonds is 0. The van der Waals surface area contributed by atoms with Crippen molar-refractivity contribution in [1.29, 1.82) is 0 Å². The summed E-state index contributed by atoms with van der Waals surface area (Å²) in [7, 11) is 0.0212. The van der Waals surface area contributed by atoms with Crippen LogP contribution in [-0.4, -0.2) is 9.52 Å². The van der Waals surface area contributed by atoms with Crippen LogP contribution in [0.1, 0.15) is 0 Å². The highest BCUT2D eigenvalue weighted by atomic mass is 35.5. The highest BCUT2D eigenvalue weighted by molar-refractivity contribution is 6.53. The van der Waals surface area contributed by atoms with E-state index >= 15 is 0 Å². The maximum absolute atomic E-state index is 5.52. The molecule has 0 aromatic rings. The zero-order chi connectivity index (χ0) is 4.41. The second kappa shape index (κ2) is 3.30. The van der Waals surface area contributed by atoms with Gasteiger partial charge in [-0.2, -0.15) is 0 Å². The highest BCUT2D eigenvalue weighted by Gasteiger charge is 1.87. The van der Waals surface area contributed by atoms with Crippen molar-refractivity contribution in [2.45, 2.75) is 0 Å². The summed E-state index contributed by atoms with van der Waals surface area (Å²) >= 11 is 5.52. The van der Waals surface area contributed by atoms with Crippen molar-refractivity contribution in [3.05, 3.63) is 22.5 Å². The van der Waals surface area contributed by atoms with E-state index in [9.17, 15) is 0 Å². The number of hydrogen-bond acceptors (Lipinski definition) is 0. The monoisotopic (exact) mass is 152 g/mol. The van der Waals surface area contributed by atoms with E-state index in [2.05, 4.69) is 11.4 Å². The van der Waals surface area contributed by atoms with Gasteiger partial charge in [0, 0.05) is 5.03 Å². The molecule has 0 fully saturated rings. The first-order chi connectivity index (χ1) is 2.89. The molecule has 0 aromatic carbocycles. The highest BCUT2D eigenvalue weighted by Crippen LogP contribution is 2.05. The zero-order valence-corrected chi connectivity index (χ0v) is 6.71. The lowest BCUT2D eigenvalue weighted by molar-refractivity contribution is 2.04. The molecule has 3 heteroatoms. The SMILES string of the molecule is Cl.ClC1=C[SiH2]C=C1. The van der Waals surface area contributed by atoms with Crippen LogP contribution in [0.4, 0.5) is 0 Å². The van der Waals surface area contributed by atoms with E-state index in [0.29, 0.717) is 0 Å². The molecule has 0 aliphatic carbocycles. The van der Waals surface area contributed by atoms with Crippen LogP contribution in [0.3, 0.4) is 0 Å². The van der Waals surface area contributed by atoms with Crippen molar-refractivity contribution in [1.82, 2.24) is 0 Å². The Morgan fingerprint density at radius 1 is 1.57 bits per heavy atom. The molecule has 1 rings (SSSR count). The van der Waals surface area contributed by atoms with Crippen molar-refractivity contribution in [2.75, 3.05) is 0 Å². The van der Waals surface area contributed by atoms with Gasteiger partial charge in [0.15, 0.2) is 0 Å². The Balaban J connectivity index is 0.000000360. The van der Waals surface area contributed by atoms with E-state index in [4.69, 9.17) is 11.6 Å². The molecule has 7 heavy (non-hydrogen) atoms. The minimum atomic E-state index is 0. The Kier molecular flexibility index (Phi) is 3.43. The predicted octanol–water partition coefficient (Wildman–Crippen LogP) is 1.18. The van der Waals surface area contributed by atoms with Crippen molar-refractivity contribution in [3.63, 3.8) is 0 Å². The molecule has 1 aliphatic heterocycles. The van der Waals surface area contributed by atoms with Gasteiger partial charge in [0.25, 0.3) is 0 Å². The molecule has 0 radical (unpaired) electrons. The lowest BCUT2D eigenvalue weighted by Crippen LogP contribution is -1.64. The maximum atomic E-state index is 5.52. The van der Waals surface area contributed by atoms with E-state index in [-0.39, 0.29) is 21.9 Å². The van der Waals surface area contributed by atoms with Gasteiger partial charge in [-0.25, -0.2) is 0 Å².